The number of benzene rings is 2. The lowest BCUT2D eigenvalue weighted by Crippen LogP contribution is -2.48. The molecule has 9 heteroatoms. The lowest BCUT2D eigenvalue weighted by atomic mass is 10.2. The highest BCUT2D eigenvalue weighted by atomic mass is 32.2. The van der Waals surface area contributed by atoms with Crippen molar-refractivity contribution >= 4 is 20.0 Å². The molecule has 0 saturated heterocycles. The molecule has 172 valence electrons. The molecule has 2 rings (SSSR count). The van der Waals surface area contributed by atoms with Crippen molar-refractivity contribution in [2.24, 2.45) is 0 Å². The smallest absolute Gasteiger partial charge is 0.241 e. The molecule has 0 heterocycles. The van der Waals surface area contributed by atoms with E-state index in [1.165, 1.54) is 24.3 Å². The van der Waals surface area contributed by atoms with Crippen molar-refractivity contribution in [1.82, 2.24) is 14.8 Å². The second-order valence-electron chi connectivity index (χ2n) is 7.67. The number of hydrogen-bond donors (Lipinski definition) is 3. The van der Waals surface area contributed by atoms with E-state index >= 15 is 0 Å². The highest BCUT2D eigenvalue weighted by Crippen LogP contribution is 2.14. The largest absolute Gasteiger partial charge is 0.317 e. The molecule has 0 bridgehead atoms. The molecule has 2 aromatic rings. The Morgan fingerprint density at radius 1 is 0.710 bits per heavy atom. The summed E-state index contributed by atoms with van der Waals surface area (Å²) in [5, 5.41) is 3.29. The van der Waals surface area contributed by atoms with Crippen LogP contribution in [0.4, 0.5) is 0 Å². The van der Waals surface area contributed by atoms with Crippen LogP contribution in [0, 0.1) is 13.8 Å². The van der Waals surface area contributed by atoms with Gasteiger partial charge in [0.1, 0.15) is 0 Å². The first-order valence-corrected chi connectivity index (χ1v) is 13.5. The van der Waals surface area contributed by atoms with Gasteiger partial charge in [-0.2, -0.15) is 9.44 Å². The first-order chi connectivity index (χ1) is 14.6. The molecule has 0 saturated carbocycles. The van der Waals surface area contributed by atoms with Crippen LogP contribution < -0.4 is 14.8 Å². The molecule has 0 unspecified atom stereocenters. The van der Waals surface area contributed by atoms with E-state index in [1.54, 1.807) is 24.3 Å². The van der Waals surface area contributed by atoms with Gasteiger partial charge >= 0.3 is 0 Å². The van der Waals surface area contributed by atoms with Crippen LogP contribution in [0.15, 0.2) is 58.3 Å². The minimum absolute atomic E-state index is 0.0960. The second kappa shape index (κ2) is 11.7. The fourth-order valence-corrected chi connectivity index (χ4v) is 5.38. The van der Waals surface area contributed by atoms with E-state index in [-0.39, 0.29) is 9.79 Å². The molecule has 7 nitrogen and oxygen atoms in total. The van der Waals surface area contributed by atoms with Crippen LogP contribution >= 0.6 is 0 Å². The van der Waals surface area contributed by atoms with Crippen molar-refractivity contribution in [2.75, 3.05) is 13.1 Å². The van der Waals surface area contributed by atoms with Crippen LogP contribution in [0.5, 0.6) is 0 Å². The fourth-order valence-electron chi connectivity index (χ4n) is 2.95. The molecular formula is C22H33N3O4S2. The van der Waals surface area contributed by atoms with Crippen molar-refractivity contribution in [3.63, 3.8) is 0 Å². The number of unbranched alkanes of at least 4 members (excludes halogenated alkanes) is 1. The van der Waals surface area contributed by atoms with Crippen molar-refractivity contribution in [3.8, 4) is 0 Å². The summed E-state index contributed by atoms with van der Waals surface area (Å²) < 4.78 is 56.4. The first-order valence-electron chi connectivity index (χ1n) is 10.5. The third-order valence-corrected chi connectivity index (χ3v) is 7.79. The van der Waals surface area contributed by atoms with Gasteiger partial charge in [-0.25, -0.2) is 16.8 Å². The van der Waals surface area contributed by atoms with E-state index < -0.39 is 26.2 Å². The van der Waals surface area contributed by atoms with Crippen molar-refractivity contribution in [3.05, 3.63) is 59.7 Å². The Labute approximate surface area is 186 Å². The van der Waals surface area contributed by atoms with Crippen molar-refractivity contribution in [1.29, 1.82) is 0 Å². The van der Waals surface area contributed by atoms with Gasteiger partial charge in [0.2, 0.25) is 20.0 Å². The van der Waals surface area contributed by atoms with Gasteiger partial charge < -0.3 is 5.32 Å². The standard InChI is InChI=1S/C22H33N3O4S2/c1-4-5-16-23-17-6-7-22(24-30(26,27)20-12-8-18(2)9-13-20)25-31(28,29)21-14-10-19(3)11-15-21/h8-15,22-25H,4-7,16-17H2,1-3H3. The summed E-state index contributed by atoms with van der Waals surface area (Å²) in [6, 6.07) is 12.9. The van der Waals surface area contributed by atoms with E-state index in [1.807, 2.05) is 13.8 Å². The van der Waals surface area contributed by atoms with Crippen LogP contribution in [0.2, 0.25) is 0 Å². The lowest BCUT2D eigenvalue weighted by Gasteiger charge is -2.21. The molecule has 0 amide bonds. The SMILES string of the molecule is CCCCNCCCC(NS(=O)(=O)c1ccc(C)cc1)NS(=O)(=O)c1ccc(C)cc1. The maximum atomic E-state index is 12.8. The zero-order valence-corrected chi connectivity index (χ0v) is 20.0. The Balaban J connectivity index is 2.15. The molecule has 0 aromatic heterocycles. The minimum atomic E-state index is -3.89. The van der Waals surface area contributed by atoms with Gasteiger partial charge in [0.25, 0.3) is 0 Å². The average molecular weight is 468 g/mol. The summed E-state index contributed by atoms with van der Waals surface area (Å²) in [4.78, 5) is 0.192. The molecule has 0 aliphatic heterocycles. The van der Waals surface area contributed by atoms with Crippen molar-refractivity contribution in [2.45, 2.75) is 62.4 Å². The number of nitrogens with one attached hydrogen (secondary N) is 3. The third-order valence-electron chi connectivity index (χ3n) is 4.81. The maximum absolute atomic E-state index is 12.8. The number of hydrogen-bond acceptors (Lipinski definition) is 5. The molecule has 0 radical (unpaired) electrons. The number of rotatable bonds is 13. The Kier molecular flexibility index (Phi) is 9.64. The normalized spacial score (nSPS) is 12.4. The van der Waals surface area contributed by atoms with E-state index in [2.05, 4.69) is 21.7 Å². The molecule has 0 atom stereocenters. The predicted molar refractivity (Wildman–Crippen MR) is 124 cm³/mol. The molecule has 2 aromatic carbocycles. The van der Waals surface area contributed by atoms with Crippen LogP contribution in [-0.4, -0.2) is 36.1 Å². The van der Waals surface area contributed by atoms with Crippen LogP contribution in [0.3, 0.4) is 0 Å². The third kappa shape index (κ3) is 8.34. The van der Waals surface area contributed by atoms with Gasteiger partial charge in [-0.15, -0.1) is 0 Å². The molecule has 31 heavy (non-hydrogen) atoms. The monoisotopic (exact) mass is 467 g/mol. The molecule has 0 aliphatic carbocycles. The Hall–Kier alpha value is -1.78. The van der Waals surface area contributed by atoms with Crippen LogP contribution in [-0.2, 0) is 20.0 Å². The minimum Gasteiger partial charge on any atom is -0.317 e. The number of aryl methyl sites for hydroxylation is 2. The first kappa shape index (κ1) is 25.5. The van der Waals surface area contributed by atoms with Gasteiger partial charge in [0.05, 0.1) is 16.0 Å². The maximum Gasteiger partial charge on any atom is 0.241 e. The van der Waals surface area contributed by atoms with E-state index in [4.69, 9.17) is 0 Å². The molecular weight excluding hydrogens is 434 g/mol. The molecule has 0 aliphatic rings. The number of sulfonamides is 2. The van der Waals surface area contributed by atoms with Gasteiger partial charge in [0.15, 0.2) is 0 Å². The van der Waals surface area contributed by atoms with Gasteiger partial charge in [0, 0.05) is 0 Å². The fraction of sp³-hybridized carbons (Fsp3) is 0.455. The van der Waals surface area contributed by atoms with Gasteiger partial charge in [-0.05, 0) is 70.5 Å². The predicted octanol–water partition coefficient (Wildman–Crippen LogP) is 3.06. The molecule has 3 N–H and O–H groups in total. The zero-order valence-electron chi connectivity index (χ0n) is 18.4. The average Bonchev–Trinajstić information content (AvgIpc) is 2.70. The van der Waals surface area contributed by atoms with Gasteiger partial charge in [-0.3, -0.25) is 0 Å². The lowest BCUT2D eigenvalue weighted by molar-refractivity contribution is 0.474. The summed E-state index contributed by atoms with van der Waals surface area (Å²) in [6.45, 7) is 7.40. The van der Waals surface area contributed by atoms with Gasteiger partial charge in [-0.1, -0.05) is 48.7 Å². The highest BCUT2D eigenvalue weighted by molar-refractivity contribution is 7.90. The van der Waals surface area contributed by atoms with E-state index in [0.29, 0.717) is 19.4 Å². The highest BCUT2D eigenvalue weighted by Gasteiger charge is 2.25. The zero-order chi connectivity index (χ0) is 22.9. The topological polar surface area (TPSA) is 104 Å². The Morgan fingerprint density at radius 2 is 1.13 bits per heavy atom. The summed E-state index contributed by atoms with van der Waals surface area (Å²) in [5.41, 5.74) is 1.88. The molecule has 0 spiro atoms. The summed E-state index contributed by atoms with van der Waals surface area (Å²) >= 11 is 0. The van der Waals surface area contributed by atoms with Crippen molar-refractivity contribution < 1.29 is 16.8 Å². The summed E-state index contributed by atoms with van der Waals surface area (Å²) in [7, 11) is -7.77. The van der Waals surface area contributed by atoms with Crippen LogP contribution in [0.25, 0.3) is 0 Å². The Bertz CT molecular complexity index is 942. The van der Waals surface area contributed by atoms with E-state index in [9.17, 15) is 16.8 Å². The van der Waals surface area contributed by atoms with Crippen LogP contribution in [0.1, 0.15) is 43.7 Å². The molecule has 0 fully saturated rings. The summed E-state index contributed by atoms with van der Waals surface area (Å²) in [5.74, 6) is 0. The Morgan fingerprint density at radius 3 is 1.55 bits per heavy atom. The van der Waals surface area contributed by atoms with E-state index in [0.717, 1.165) is 30.5 Å². The quantitative estimate of drug-likeness (QED) is 0.310. The summed E-state index contributed by atoms with van der Waals surface area (Å²) in [6.07, 6.45) is 2.10. The second-order valence-corrected chi connectivity index (χ2v) is 11.1.